The summed E-state index contributed by atoms with van der Waals surface area (Å²) in [7, 11) is 0. The Balaban J connectivity index is 1.24. The van der Waals surface area contributed by atoms with Crippen LogP contribution in [0.2, 0.25) is 0 Å². The summed E-state index contributed by atoms with van der Waals surface area (Å²) in [4.78, 5) is 38.3. The SMILES string of the molecule is O=C1CCC(N2Cc3cc(C[C@H]4CCCC[C@@H]4N[C@H]4CC[C@@H](F)CC4)ccc3C2=O)C(=O)N1. The Labute approximate surface area is 194 Å². The van der Waals surface area contributed by atoms with E-state index in [1.165, 1.54) is 31.2 Å². The molecular weight excluding hydrogens is 421 g/mol. The first-order valence-corrected chi connectivity index (χ1v) is 12.6. The molecule has 3 fully saturated rings. The highest BCUT2D eigenvalue weighted by Gasteiger charge is 2.39. The molecule has 4 aliphatic rings. The maximum absolute atomic E-state index is 13.5. The summed E-state index contributed by atoms with van der Waals surface area (Å²) in [5.74, 6) is -0.211. The summed E-state index contributed by atoms with van der Waals surface area (Å²) in [6, 6.07) is 6.44. The molecule has 3 amide bonds. The summed E-state index contributed by atoms with van der Waals surface area (Å²) < 4.78 is 13.5. The second-order valence-corrected chi connectivity index (χ2v) is 10.4. The Morgan fingerprint density at radius 2 is 1.79 bits per heavy atom. The summed E-state index contributed by atoms with van der Waals surface area (Å²) in [5, 5.41) is 6.23. The molecule has 1 unspecified atom stereocenters. The number of hydrogen-bond donors (Lipinski definition) is 2. The van der Waals surface area contributed by atoms with E-state index >= 15 is 0 Å². The van der Waals surface area contributed by atoms with E-state index in [1.807, 2.05) is 6.07 Å². The highest BCUT2D eigenvalue weighted by molar-refractivity contribution is 6.05. The van der Waals surface area contributed by atoms with Gasteiger partial charge in [0.2, 0.25) is 11.8 Å². The first-order valence-electron chi connectivity index (χ1n) is 12.6. The van der Waals surface area contributed by atoms with Crippen molar-refractivity contribution in [1.29, 1.82) is 0 Å². The number of carbonyl (C=O) groups excluding carboxylic acids is 3. The molecule has 2 aliphatic heterocycles. The van der Waals surface area contributed by atoms with Gasteiger partial charge in [0, 0.05) is 30.6 Å². The molecule has 2 saturated carbocycles. The van der Waals surface area contributed by atoms with Crippen LogP contribution in [-0.2, 0) is 22.6 Å². The Kier molecular flexibility index (Phi) is 6.50. The molecule has 2 N–H and O–H groups in total. The van der Waals surface area contributed by atoms with Crippen molar-refractivity contribution >= 4 is 17.7 Å². The van der Waals surface area contributed by atoms with Crippen molar-refractivity contribution in [3.05, 3.63) is 34.9 Å². The number of piperidine rings is 1. The highest BCUT2D eigenvalue weighted by Crippen LogP contribution is 2.33. The van der Waals surface area contributed by atoms with Gasteiger partial charge in [-0.2, -0.15) is 0 Å². The van der Waals surface area contributed by atoms with Crippen molar-refractivity contribution in [2.24, 2.45) is 5.92 Å². The summed E-state index contributed by atoms with van der Waals surface area (Å²) in [5.41, 5.74) is 2.88. The van der Waals surface area contributed by atoms with Crippen LogP contribution < -0.4 is 10.6 Å². The number of imide groups is 1. The zero-order valence-electron chi connectivity index (χ0n) is 19.2. The maximum Gasteiger partial charge on any atom is 0.255 e. The second-order valence-electron chi connectivity index (χ2n) is 10.4. The predicted molar refractivity (Wildman–Crippen MR) is 122 cm³/mol. The van der Waals surface area contributed by atoms with Crippen molar-refractivity contribution in [2.75, 3.05) is 0 Å². The van der Waals surface area contributed by atoms with Crippen LogP contribution in [0.3, 0.4) is 0 Å². The molecule has 5 rings (SSSR count). The Morgan fingerprint density at radius 3 is 2.58 bits per heavy atom. The third kappa shape index (κ3) is 4.84. The number of carbonyl (C=O) groups is 3. The highest BCUT2D eigenvalue weighted by atomic mass is 19.1. The summed E-state index contributed by atoms with van der Waals surface area (Å²) in [6.07, 6.45) is 9.07. The van der Waals surface area contributed by atoms with Crippen molar-refractivity contribution in [3.8, 4) is 0 Å². The lowest BCUT2D eigenvalue weighted by atomic mass is 9.79. The molecular formula is C26H34FN3O3. The molecule has 3 atom stereocenters. The monoisotopic (exact) mass is 455 g/mol. The largest absolute Gasteiger partial charge is 0.322 e. The Morgan fingerprint density at radius 1 is 1.00 bits per heavy atom. The predicted octanol–water partition coefficient (Wildman–Crippen LogP) is 3.42. The fourth-order valence-electron chi connectivity index (χ4n) is 6.25. The average molecular weight is 456 g/mol. The van der Waals surface area contributed by atoms with Crippen LogP contribution in [0, 0.1) is 5.92 Å². The third-order valence-corrected chi connectivity index (χ3v) is 8.10. The van der Waals surface area contributed by atoms with E-state index in [-0.39, 0.29) is 24.1 Å². The van der Waals surface area contributed by atoms with Gasteiger partial charge in [-0.25, -0.2) is 4.39 Å². The minimum Gasteiger partial charge on any atom is -0.322 e. The molecule has 2 heterocycles. The van der Waals surface area contributed by atoms with E-state index in [4.69, 9.17) is 0 Å². The number of nitrogens with zero attached hydrogens (tertiary/aromatic N) is 1. The average Bonchev–Trinajstić information content (AvgIpc) is 3.12. The molecule has 1 aromatic carbocycles. The summed E-state index contributed by atoms with van der Waals surface area (Å²) in [6.45, 7) is 0.424. The van der Waals surface area contributed by atoms with Gasteiger partial charge in [-0.3, -0.25) is 19.7 Å². The molecule has 1 aromatic rings. The topological polar surface area (TPSA) is 78.5 Å². The van der Waals surface area contributed by atoms with Gasteiger partial charge < -0.3 is 10.2 Å². The van der Waals surface area contributed by atoms with Crippen LogP contribution in [0.4, 0.5) is 4.39 Å². The standard InChI is InChI=1S/C26H34FN3O3/c27-19-6-8-20(9-7-19)28-22-4-2-1-3-17(22)13-16-5-10-21-18(14-16)15-30(26(21)33)23-11-12-24(31)29-25(23)32/h5,10,14,17,19-20,22-23,28H,1-4,6-9,11-13,15H2,(H,29,31,32)/t17-,19-,20+,22+,23?/m1/s1. The van der Waals surface area contributed by atoms with Gasteiger partial charge in [-0.1, -0.05) is 25.0 Å². The van der Waals surface area contributed by atoms with Gasteiger partial charge in [0.1, 0.15) is 12.2 Å². The third-order valence-electron chi connectivity index (χ3n) is 8.10. The molecule has 178 valence electrons. The van der Waals surface area contributed by atoms with Gasteiger partial charge in [-0.15, -0.1) is 0 Å². The zero-order chi connectivity index (χ0) is 22.9. The molecule has 0 spiro atoms. The number of fused-ring (bicyclic) bond motifs is 1. The lowest BCUT2D eigenvalue weighted by Crippen LogP contribution is -2.52. The van der Waals surface area contributed by atoms with Crippen molar-refractivity contribution in [2.45, 2.75) is 101 Å². The van der Waals surface area contributed by atoms with Crippen LogP contribution in [0.25, 0.3) is 0 Å². The molecule has 6 nitrogen and oxygen atoms in total. The van der Waals surface area contributed by atoms with Crippen molar-refractivity contribution in [3.63, 3.8) is 0 Å². The number of alkyl halides is 1. The number of nitrogens with one attached hydrogen (secondary N) is 2. The number of amides is 3. The van der Waals surface area contributed by atoms with Crippen LogP contribution in [0.1, 0.15) is 85.7 Å². The maximum atomic E-state index is 13.5. The van der Waals surface area contributed by atoms with Gasteiger partial charge in [-0.05, 0) is 74.5 Å². The van der Waals surface area contributed by atoms with Crippen LogP contribution >= 0.6 is 0 Å². The molecule has 0 radical (unpaired) electrons. The quantitative estimate of drug-likeness (QED) is 0.667. The zero-order valence-corrected chi connectivity index (χ0v) is 19.2. The number of halogens is 1. The first kappa shape index (κ1) is 22.5. The lowest BCUT2D eigenvalue weighted by Gasteiger charge is -2.37. The van der Waals surface area contributed by atoms with Gasteiger partial charge in [0.05, 0.1) is 0 Å². The first-order chi connectivity index (χ1) is 16.0. The molecule has 0 bridgehead atoms. The van der Waals surface area contributed by atoms with E-state index in [9.17, 15) is 18.8 Å². The van der Waals surface area contributed by atoms with E-state index in [1.54, 1.807) is 4.90 Å². The summed E-state index contributed by atoms with van der Waals surface area (Å²) >= 11 is 0. The van der Waals surface area contributed by atoms with E-state index in [0.717, 1.165) is 24.8 Å². The fourth-order valence-corrected chi connectivity index (χ4v) is 6.25. The minimum atomic E-state index is -0.626. The molecule has 1 saturated heterocycles. The second kappa shape index (κ2) is 9.53. The number of hydrogen-bond acceptors (Lipinski definition) is 4. The smallest absolute Gasteiger partial charge is 0.255 e. The molecule has 2 aliphatic carbocycles. The number of benzene rings is 1. The van der Waals surface area contributed by atoms with E-state index in [2.05, 4.69) is 22.8 Å². The van der Waals surface area contributed by atoms with Crippen LogP contribution in [0.15, 0.2) is 18.2 Å². The van der Waals surface area contributed by atoms with Crippen LogP contribution in [-0.4, -0.2) is 46.9 Å². The number of rotatable bonds is 5. The van der Waals surface area contributed by atoms with Gasteiger partial charge in [0.25, 0.3) is 5.91 Å². The normalized spacial score (nSPS) is 32.6. The molecule has 0 aromatic heterocycles. The minimum absolute atomic E-state index is 0.119. The fraction of sp³-hybridized carbons (Fsp3) is 0.654. The molecule has 7 heteroatoms. The van der Waals surface area contributed by atoms with Gasteiger partial charge in [0.15, 0.2) is 0 Å². The lowest BCUT2D eigenvalue weighted by molar-refractivity contribution is -0.136. The van der Waals surface area contributed by atoms with E-state index < -0.39 is 12.2 Å². The van der Waals surface area contributed by atoms with Crippen molar-refractivity contribution < 1.29 is 18.8 Å². The van der Waals surface area contributed by atoms with Gasteiger partial charge >= 0.3 is 0 Å². The molecule has 33 heavy (non-hydrogen) atoms. The van der Waals surface area contributed by atoms with E-state index in [0.29, 0.717) is 49.4 Å². The van der Waals surface area contributed by atoms with Crippen molar-refractivity contribution in [1.82, 2.24) is 15.5 Å². The Hall–Kier alpha value is -2.28. The Bertz CT molecular complexity index is 927. The van der Waals surface area contributed by atoms with Crippen LogP contribution in [0.5, 0.6) is 0 Å².